The maximum atomic E-state index is 11.7. The molecule has 1 rings (SSSR count). The van der Waals surface area contributed by atoms with Crippen molar-refractivity contribution in [3.05, 3.63) is 17.5 Å². The van der Waals surface area contributed by atoms with E-state index in [0.717, 1.165) is 38.1 Å². The standard InChI is InChI=1S/C13H23N3O2/c1-4-8-16(3)9-6-7-14-13(17)12-10-11(5-2)18-15-12/h10H,4-9H2,1-3H3,(H,14,17). The average Bonchev–Trinajstić information content (AvgIpc) is 2.83. The van der Waals surface area contributed by atoms with Gasteiger partial charge in [-0.25, -0.2) is 0 Å². The molecule has 0 bridgehead atoms. The van der Waals surface area contributed by atoms with Crippen LogP contribution >= 0.6 is 0 Å². The summed E-state index contributed by atoms with van der Waals surface area (Å²) in [5.74, 6) is 0.583. The van der Waals surface area contributed by atoms with Crippen molar-refractivity contribution in [3.8, 4) is 0 Å². The highest BCUT2D eigenvalue weighted by Gasteiger charge is 2.10. The third-order valence-corrected chi connectivity index (χ3v) is 2.75. The Bertz CT molecular complexity index is 363. The molecule has 0 aliphatic heterocycles. The van der Waals surface area contributed by atoms with Crippen molar-refractivity contribution in [2.75, 3.05) is 26.7 Å². The summed E-state index contributed by atoms with van der Waals surface area (Å²) in [5, 5.41) is 6.58. The summed E-state index contributed by atoms with van der Waals surface area (Å²) in [4.78, 5) is 14.0. The summed E-state index contributed by atoms with van der Waals surface area (Å²) in [7, 11) is 2.09. The molecule has 0 unspecified atom stereocenters. The minimum atomic E-state index is -0.156. The number of aryl methyl sites for hydroxylation is 1. The Hall–Kier alpha value is -1.36. The lowest BCUT2D eigenvalue weighted by atomic mass is 10.3. The Balaban J connectivity index is 2.21. The number of carbonyl (C=O) groups excluding carboxylic acids is 1. The topological polar surface area (TPSA) is 58.4 Å². The number of hydrogen-bond donors (Lipinski definition) is 1. The third-order valence-electron chi connectivity index (χ3n) is 2.75. The quantitative estimate of drug-likeness (QED) is 0.716. The van der Waals surface area contributed by atoms with E-state index in [9.17, 15) is 4.79 Å². The minimum absolute atomic E-state index is 0.156. The molecule has 1 heterocycles. The average molecular weight is 253 g/mol. The van der Waals surface area contributed by atoms with E-state index in [2.05, 4.69) is 29.3 Å². The molecule has 0 atom stereocenters. The number of amides is 1. The molecule has 1 aromatic heterocycles. The molecule has 1 amide bonds. The van der Waals surface area contributed by atoms with E-state index < -0.39 is 0 Å². The first-order valence-electron chi connectivity index (χ1n) is 6.59. The fourth-order valence-electron chi connectivity index (χ4n) is 1.72. The summed E-state index contributed by atoms with van der Waals surface area (Å²) in [6.45, 7) is 6.88. The fourth-order valence-corrected chi connectivity index (χ4v) is 1.72. The van der Waals surface area contributed by atoms with E-state index in [4.69, 9.17) is 4.52 Å². The molecule has 0 saturated carbocycles. The lowest BCUT2D eigenvalue weighted by Gasteiger charge is -2.14. The lowest BCUT2D eigenvalue weighted by molar-refractivity contribution is 0.0943. The summed E-state index contributed by atoms with van der Waals surface area (Å²) in [6, 6.07) is 1.69. The van der Waals surface area contributed by atoms with Gasteiger partial charge in [-0.05, 0) is 33.0 Å². The highest BCUT2D eigenvalue weighted by molar-refractivity contribution is 5.92. The van der Waals surface area contributed by atoms with Crippen LogP contribution in [0.3, 0.4) is 0 Å². The van der Waals surface area contributed by atoms with Crippen LogP contribution in [0.4, 0.5) is 0 Å². The van der Waals surface area contributed by atoms with Crippen LogP contribution in [0.1, 0.15) is 42.9 Å². The molecule has 0 aliphatic rings. The number of nitrogens with one attached hydrogen (secondary N) is 1. The van der Waals surface area contributed by atoms with Crippen LogP contribution in [-0.4, -0.2) is 42.6 Å². The first-order valence-corrected chi connectivity index (χ1v) is 6.59. The number of aromatic nitrogens is 1. The summed E-state index contributed by atoms with van der Waals surface area (Å²) in [5.41, 5.74) is 0.369. The molecule has 102 valence electrons. The number of hydrogen-bond acceptors (Lipinski definition) is 4. The lowest BCUT2D eigenvalue weighted by Crippen LogP contribution is -2.28. The van der Waals surface area contributed by atoms with Crippen molar-refractivity contribution in [1.29, 1.82) is 0 Å². The van der Waals surface area contributed by atoms with Gasteiger partial charge in [-0.15, -0.1) is 0 Å². The molecule has 0 aromatic carbocycles. The Morgan fingerprint density at radius 1 is 1.44 bits per heavy atom. The second-order valence-electron chi connectivity index (χ2n) is 4.44. The molecule has 0 radical (unpaired) electrons. The molecule has 1 aromatic rings. The largest absolute Gasteiger partial charge is 0.361 e. The van der Waals surface area contributed by atoms with E-state index in [0.29, 0.717) is 12.2 Å². The van der Waals surface area contributed by atoms with Gasteiger partial charge in [0.2, 0.25) is 0 Å². The van der Waals surface area contributed by atoms with E-state index in [1.165, 1.54) is 0 Å². The van der Waals surface area contributed by atoms with E-state index in [1.807, 2.05) is 6.92 Å². The van der Waals surface area contributed by atoms with E-state index >= 15 is 0 Å². The van der Waals surface area contributed by atoms with Crippen LogP contribution in [-0.2, 0) is 6.42 Å². The SMILES string of the molecule is CCCN(C)CCCNC(=O)c1cc(CC)on1. The zero-order valence-electron chi connectivity index (χ0n) is 11.5. The van der Waals surface area contributed by atoms with Crippen molar-refractivity contribution in [3.63, 3.8) is 0 Å². The maximum Gasteiger partial charge on any atom is 0.273 e. The Morgan fingerprint density at radius 2 is 2.22 bits per heavy atom. The smallest absolute Gasteiger partial charge is 0.273 e. The predicted octanol–water partition coefficient (Wildman–Crippen LogP) is 1.70. The maximum absolute atomic E-state index is 11.7. The number of nitrogens with zero attached hydrogens (tertiary/aromatic N) is 2. The van der Waals surface area contributed by atoms with Gasteiger partial charge in [-0.1, -0.05) is 19.0 Å². The van der Waals surface area contributed by atoms with Crippen LogP contribution < -0.4 is 5.32 Å². The van der Waals surface area contributed by atoms with Gasteiger partial charge in [-0.2, -0.15) is 0 Å². The molecule has 0 fully saturated rings. The molecular weight excluding hydrogens is 230 g/mol. The van der Waals surface area contributed by atoms with Crippen LogP contribution in [0.2, 0.25) is 0 Å². The minimum Gasteiger partial charge on any atom is -0.361 e. The van der Waals surface area contributed by atoms with Crippen LogP contribution in [0, 0.1) is 0 Å². The molecule has 18 heavy (non-hydrogen) atoms. The molecule has 1 N–H and O–H groups in total. The zero-order valence-corrected chi connectivity index (χ0v) is 11.5. The second-order valence-corrected chi connectivity index (χ2v) is 4.44. The Labute approximate surface area is 109 Å². The molecule has 5 nitrogen and oxygen atoms in total. The van der Waals surface area contributed by atoms with Crippen molar-refractivity contribution in [2.45, 2.75) is 33.1 Å². The number of carbonyl (C=O) groups is 1. The van der Waals surface area contributed by atoms with Crippen LogP contribution in [0.25, 0.3) is 0 Å². The van der Waals surface area contributed by atoms with Gasteiger partial charge in [-0.3, -0.25) is 4.79 Å². The third kappa shape index (κ3) is 4.87. The van der Waals surface area contributed by atoms with Crippen molar-refractivity contribution >= 4 is 5.91 Å². The molecule has 0 spiro atoms. The fraction of sp³-hybridized carbons (Fsp3) is 0.692. The van der Waals surface area contributed by atoms with Gasteiger partial charge < -0.3 is 14.7 Å². The van der Waals surface area contributed by atoms with Crippen LogP contribution in [0.5, 0.6) is 0 Å². The van der Waals surface area contributed by atoms with Crippen molar-refractivity contribution in [1.82, 2.24) is 15.4 Å². The first kappa shape index (κ1) is 14.7. The second kappa shape index (κ2) is 7.87. The van der Waals surface area contributed by atoms with E-state index in [1.54, 1.807) is 6.07 Å². The normalized spacial score (nSPS) is 10.9. The van der Waals surface area contributed by atoms with Gasteiger partial charge in [0.05, 0.1) is 0 Å². The van der Waals surface area contributed by atoms with E-state index in [-0.39, 0.29) is 5.91 Å². The highest BCUT2D eigenvalue weighted by Crippen LogP contribution is 2.03. The molecular formula is C13H23N3O2. The zero-order chi connectivity index (χ0) is 13.4. The van der Waals surface area contributed by atoms with Gasteiger partial charge in [0.15, 0.2) is 5.69 Å². The Morgan fingerprint density at radius 3 is 2.83 bits per heavy atom. The van der Waals surface area contributed by atoms with Gasteiger partial charge >= 0.3 is 0 Å². The van der Waals surface area contributed by atoms with Gasteiger partial charge in [0, 0.05) is 19.0 Å². The van der Waals surface area contributed by atoms with Crippen molar-refractivity contribution < 1.29 is 9.32 Å². The Kier molecular flexibility index (Phi) is 6.43. The van der Waals surface area contributed by atoms with Gasteiger partial charge in [0.1, 0.15) is 5.76 Å². The predicted molar refractivity (Wildman–Crippen MR) is 70.6 cm³/mol. The van der Waals surface area contributed by atoms with Gasteiger partial charge in [0.25, 0.3) is 5.91 Å². The molecule has 0 saturated heterocycles. The van der Waals surface area contributed by atoms with Crippen molar-refractivity contribution in [2.24, 2.45) is 0 Å². The summed E-state index contributed by atoms with van der Waals surface area (Å²) in [6.07, 6.45) is 2.85. The monoisotopic (exact) mass is 253 g/mol. The molecule has 0 aliphatic carbocycles. The summed E-state index contributed by atoms with van der Waals surface area (Å²) >= 11 is 0. The first-order chi connectivity index (χ1) is 8.67. The van der Waals surface area contributed by atoms with Crippen LogP contribution in [0.15, 0.2) is 10.6 Å². The highest BCUT2D eigenvalue weighted by atomic mass is 16.5. The number of rotatable bonds is 8. The summed E-state index contributed by atoms with van der Waals surface area (Å²) < 4.78 is 4.99. The molecule has 5 heteroatoms.